The van der Waals surface area contributed by atoms with E-state index in [0.29, 0.717) is 6.42 Å². The molecule has 0 fully saturated rings. The number of carboxylic acids is 3. The Labute approximate surface area is 308 Å². The van der Waals surface area contributed by atoms with E-state index in [9.17, 15) is 53.7 Å². The zero-order valence-electron chi connectivity index (χ0n) is 31.3. The van der Waals surface area contributed by atoms with E-state index >= 15 is 0 Å². The van der Waals surface area contributed by atoms with Crippen LogP contribution in [0.2, 0.25) is 0 Å². The second-order valence-corrected chi connectivity index (χ2v) is 14.1. The molecule has 0 radical (unpaired) electrons. The predicted octanol–water partition coefficient (Wildman–Crippen LogP) is 5.01. The summed E-state index contributed by atoms with van der Waals surface area (Å²) in [6.45, 7) is 2.47. The number of unbranched alkanes of at least 4 members (excludes halogenated alkanes) is 13. The Morgan fingerprint density at radius 1 is 0.538 bits per heavy atom. The average molecular weight is 741 g/mol. The number of amides is 2. The molecule has 0 aromatic heterocycles. The average Bonchev–Trinajstić information content (AvgIpc) is 3.08. The summed E-state index contributed by atoms with van der Waals surface area (Å²) in [6, 6.07) is -1.30. The summed E-state index contributed by atoms with van der Waals surface area (Å²) in [5.74, 6) is -8.25. The van der Waals surface area contributed by atoms with Gasteiger partial charge < -0.3 is 31.1 Å². The van der Waals surface area contributed by atoms with Gasteiger partial charge in [0, 0.05) is 44.4 Å². The summed E-state index contributed by atoms with van der Waals surface area (Å²) in [7, 11) is 0. The third-order valence-corrected chi connectivity index (χ3v) is 9.13. The fourth-order valence-corrected chi connectivity index (χ4v) is 5.68. The molecular weight excluding hydrogens is 676 g/mol. The Morgan fingerprint density at radius 3 is 1.40 bits per heavy atom. The second kappa shape index (κ2) is 29.9. The lowest BCUT2D eigenvalue weighted by molar-refractivity contribution is -0.145. The fraction of sp³-hybridized carbons (Fsp3) is 0.789. The lowest BCUT2D eigenvalue weighted by Crippen LogP contribution is -2.41. The molecule has 0 aliphatic heterocycles. The zero-order chi connectivity index (χ0) is 39.3. The van der Waals surface area contributed by atoms with Crippen molar-refractivity contribution in [1.82, 2.24) is 10.6 Å². The van der Waals surface area contributed by atoms with E-state index in [1.165, 1.54) is 25.7 Å². The first-order chi connectivity index (χ1) is 24.7. The highest BCUT2D eigenvalue weighted by molar-refractivity contribution is 5.91. The second-order valence-electron chi connectivity index (χ2n) is 14.1. The Morgan fingerprint density at radius 2 is 0.981 bits per heavy atom. The van der Waals surface area contributed by atoms with Gasteiger partial charge in [0.1, 0.15) is 17.6 Å². The minimum absolute atomic E-state index is 0.165. The van der Waals surface area contributed by atoms with Gasteiger partial charge in [0.05, 0.1) is 25.0 Å². The van der Waals surface area contributed by atoms with Crippen LogP contribution in [0, 0.1) is 17.8 Å². The standard InChI is InChI=1S/C38H64N2O12/c1-27(2)33(44)25-39-36(48)29(26-41)24-30(42)20-19-28(37(49)50)23-31(43)21-22-32(38(51)52)40-34(45)17-15-13-11-9-7-5-3-4-6-8-10-12-14-16-18-35(46)47/h27-29,32,41H,3-26H2,1-2H3,(H,39,48)(H,40,45)(H,46,47)(H,49,50)(H,51,52)/t28-,29+,32+/m1/s1. The number of aliphatic hydroxyl groups is 1. The van der Waals surface area contributed by atoms with Crippen molar-refractivity contribution in [3.05, 3.63) is 0 Å². The van der Waals surface area contributed by atoms with Gasteiger partial charge in [-0.2, -0.15) is 0 Å². The molecule has 3 atom stereocenters. The van der Waals surface area contributed by atoms with Crippen LogP contribution in [0.3, 0.4) is 0 Å². The van der Waals surface area contributed by atoms with Crippen molar-refractivity contribution in [3.8, 4) is 0 Å². The minimum atomic E-state index is -1.30. The SMILES string of the molecule is CC(C)C(=O)CNC(=O)[C@H](CO)CC(=O)CC[C@H](CC(=O)CC[C@H](NC(=O)CCCCCCCCCCCCCCCCC(=O)O)C(=O)O)C(=O)O. The Balaban J connectivity index is 4.29. The van der Waals surface area contributed by atoms with E-state index in [1.807, 2.05) is 0 Å². The molecule has 52 heavy (non-hydrogen) atoms. The van der Waals surface area contributed by atoms with E-state index in [4.69, 9.17) is 5.11 Å². The third-order valence-electron chi connectivity index (χ3n) is 9.13. The summed E-state index contributed by atoms with van der Waals surface area (Å²) in [6.07, 6.45) is 13.3. The molecular formula is C38H64N2O12. The number of ketones is 3. The molecule has 2 amide bonds. The topological polar surface area (TPSA) is 242 Å². The Kier molecular flexibility index (Phi) is 27.7. The van der Waals surface area contributed by atoms with Gasteiger partial charge in [-0.15, -0.1) is 0 Å². The quantitative estimate of drug-likeness (QED) is 0.0470. The molecule has 0 rings (SSSR count). The summed E-state index contributed by atoms with van der Waals surface area (Å²) < 4.78 is 0. The molecule has 0 aromatic rings. The number of hydrogen-bond donors (Lipinski definition) is 6. The first-order valence-electron chi connectivity index (χ1n) is 19.1. The van der Waals surface area contributed by atoms with Gasteiger partial charge in [-0.3, -0.25) is 33.6 Å². The van der Waals surface area contributed by atoms with Crippen LogP contribution >= 0.6 is 0 Å². The molecule has 14 nitrogen and oxygen atoms in total. The Bertz CT molecular complexity index is 1120. The van der Waals surface area contributed by atoms with Gasteiger partial charge in [-0.05, 0) is 25.7 Å². The van der Waals surface area contributed by atoms with Crippen LogP contribution < -0.4 is 10.6 Å². The molecule has 0 aliphatic carbocycles. The lowest BCUT2D eigenvalue weighted by Gasteiger charge is -2.16. The number of aliphatic hydroxyl groups excluding tert-OH is 1. The van der Waals surface area contributed by atoms with E-state index < -0.39 is 72.2 Å². The number of carbonyl (C=O) groups is 8. The predicted molar refractivity (Wildman–Crippen MR) is 193 cm³/mol. The molecule has 6 N–H and O–H groups in total. The zero-order valence-corrected chi connectivity index (χ0v) is 31.3. The smallest absolute Gasteiger partial charge is 0.326 e. The van der Waals surface area contributed by atoms with Crippen molar-refractivity contribution in [3.63, 3.8) is 0 Å². The van der Waals surface area contributed by atoms with Gasteiger partial charge in [0.2, 0.25) is 11.8 Å². The molecule has 0 aliphatic rings. The van der Waals surface area contributed by atoms with Crippen molar-refractivity contribution in [1.29, 1.82) is 0 Å². The van der Waals surface area contributed by atoms with E-state index in [2.05, 4.69) is 10.6 Å². The van der Waals surface area contributed by atoms with Crippen LogP contribution in [0.15, 0.2) is 0 Å². The van der Waals surface area contributed by atoms with Crippen molar-refractivity contribution >= 4 is 47.1 Å². The van der Waals surface area contributed by atoms with E-state index in [0.717, 1.165) is 57.8 Å². The largest absolute Gasteiger partial charge is 0.481 e. The van der Waals surface area contributed by atoms with Crippen LogP contribution in [-0.4, -0.2) is 86.7 Å². The van der Waals surface area contributed by atoms with E-state index in [1.54, 1.807) is 13.8 Å². The molecule has 0 heterocycles. The summed E-state index contributed by atoms with van der Waals surface area (Å²) in [4.78, 5) is 95.3. The number of Topliss-reactive ketones (excluding diaryl/α,β-unsaturated/α-hetero) is 3. The van der Waals surface area contributed by atoms with Crippen molar-refractivity contribution in [2.24, 2.45) is 17.8 Å². The molecule has 0 saturated heterocycles. The molecule has 14 heteroatoms. The van der Waals surface area contributed by atoms with Crippen LogP contribution in [0.25, 0.3) is 0 Å². The number of rotatable bonds is 35. The third kappa shape index (κ3) is 26.1. The summed E-state index contributed by atoms with van der Waals surface area (Å²) in [5.41, 5.74) is 0. The number of nitrogens with one attached hydrogen (secondary N) is 2. The molecule has 298 valence electrons. The molecule has 0 spiro atoms. The monoisotopic (exact) mass is 740 g/mol. The molecule has 0 aromatic carbocycles. The fourth-order valence-electron chi connectivity index (χ4n) is 5.68. The van der Waals surface area contributed by atoms with Gasteiger partial charge >= 0.3 is 17.9 Å². The minimum Gasteiger partial charge on any atom is -0.481 e. The van der Waals surface area contributed by atoms with Crippen LogP contribution in [0.5, 0.6) is 0 Å². The van der Waals surface area contributed by atoms with Crippen molar-refractivity contribution in [2.75, 3.05) is 13.2 Å². The van der Waals surface area contributed by atoms with Crippen LogP contribution in [0.4, 0.5) is 0 Å². The number of aliphatic carboxylic acids is 3. The summed E-state index contributed by atoms with van der Waals surface area (Å²) in [5, 5.41) is 42.1. The highest BCUT2D eigenvalue weighted by Crippen LogP contribution is 2.18. The molecule has 0 unspecified atom stereocenters. The highest BCUT2D eigenvalue weighted by Gasteiger charge is 2.27. The van der Waals surface area contributed by atoms with Gasteiger partial charge in [0.25, 0.3) is 0 Å². The Hall–Kier alpha value is -3.68. The van der Waals surface area contributed by atoms with Gasteiger partial charge in [-0.1, -0.05) is 90.9 Å². The van der Waals surface area contributed by atoms with Crippen LogP contribution in [-0.2, 0) is 38.4 Å². The van der Waals surface area contributed by atoms with Crippen molar-refractivity contribution in [2.45, 2.75) is 161 Å². The molecule has 0 bridgehead atoms. The normalized spacial score (nSPS) is 12.8. The maximum absolute atomic E-state index is 12.6. The van der Waals surface area contributed by atoms with Crippen molar-refractivity contribution < 1.29 is 58.8 Å². The van der Waals surface area contributed by atoms with Gasteiger partial charge in [-0.25, -0.2) is 4.79 Å². The molecule has 0 saturated carbocycles. The number of carbonyl (C=O) groups excluding carboxylic acids is 5. The number of carboxylic acid groups (broad SMARTS) is 3. The van der Waals surface area contributed by atoms with Gasteiger partial charge in [0.15, 0.2) is 5.78 Å². The van der Waals surface area contributed by atoms with E-state index in [-0.39, 0.29) is 63.2 Å². The lowest BCUT2D eigenvalue weighted by atomic mass is 9.91. The highest BCUT2D eigenvalue weighted by atomic mass is 16.4. The maximum Gasteiger partial charge on any atom is 0.326 e. The maximum atomic E-state index is 12.6. The summed E-state index contributed by atoms with van der Waals surface area (Å²) >= 11 is 0. The first-order valence-corrected chi connectivity index (χ1v) is 19.1. The van der Waals surface area contributed by atoms with Crippen LogP contribution in [0.1, 0.15) is 155 Å². The first kappa shape index (κ1) is 48.3. The number of hydrogen-bond acceptors (Lipinski definition) is 9.